The second kappa shape index (κ2) is 5.34. The van der Waals surface area contributed by atoms with Gasteiger partial charge in [0.15, 0.2) is 11.9 Å². The van der Waals surface area contributed by atoms with Crippen molar-refractivity contribution in [1.29, 1.82) is 0 Å². The zero-order valence-electron chi connectivity index (χ0n) is 14.3. The summed E-state index contributed by atoms with van der Waals surface area (Å²) in [5, 5.41) is 0. The molecule has 0 aromatic carbocycles. The van der Waals surface area contributed by atoms with Crippen molar-refractivity contribution >= 4 is 12.1 Å². The van der Waals surface area contributed by atoms with Gasteiger partial charge in [-0.3, -0.25) is 4.90 Å². The van der Waals surface area contributed by atoms with E-state index in [0.29, 0.717) is 13.0 Å². The van der Waals surface area contributed by atoms with Crippen LogP contribution in [0.5, 0.6) is 0 Å². The SMILES string of the molecule is CC(C)(C)OC(=O)N1CCCC2OC(=O)C3OC(C)(C)OC3[C@@H]21. The van der Waals surface area contributed by atoms with E-state index in [1.807, 2.05) is 20.8 Å². The first kappa shape index (κ1) is 16.5. The summed E-state index contributed by atoms with van der Waals surface area (Å²) in [7, 11) is 0. The lowest BCUT2D eigenvalue weighted by atomic mass is 9.89. The smallest absolute Gasteiger partial charge is 0.410 e. The summed E-state index contributed by atoms with van der Waals surface area (Å²) in [6, 6.07) is -0.372. The number of carbonyl (C=O) groups is 2. The number of hydrogen-bond acceptors (Lipinski definition) is 6. The first-order chi connectivity index (χ1) is 10.6. The molecule has 4 atom stereocenters. The van der Waals surface area contributed by atoms with Gasteiger partial charge in [0, 0.05) is 6.54 Å². The number of fused-ring (bicyclic) bond motifs is 3. The molecule has 0 N–H and O–H groups in total. The van der Waals surface area contributed by atoms with Crippen molar-refractivity contribution in [3.63, 3.8) is 0 Å². The summed E-state index contributed by atoms with van der Waals surface area (Å²) in [5.41, 5.74) is -0.582. The third kappa shape index (κ3) is 3.17. The zero-order chi connectivity index (χ0) is 17.0. The maximum Gasteiger partial charge on any atom is 0.410 e. The fraction of sp³-hybridized carbons (Fsp3) is 0.875. The van der Waals surface area contributed by atoms with Crippen molar-refractivity contribution in [3.05, 3.63) is 0 Å². The molecule has 0 aromatic rings. The molecule has 0 radical (unpaired) electrons. The quantitative estimate of drug-likeness (QED) is 0.632. The van der Waals surface area contributed by atoms with Gasteiger partial charge in [-0.05, 0) is 47.5 Å². The monoisotopic (exact) mass is 327 g/mol. The lowest BCUT2D eigenvalue weighted by Gasteiger charge is -2.46. The minimum atomic E-state index is -0.875. The number of hydrogen-bond donors (Lipinski definition) is 0. The van der Waals surface area contributed by atoms with Crippen LogP contribution in [0.2, 0.25) is 0 Å². The van der Waals surface area contributed by atoms with E-state index in [0.717, 1.165) is 6.42 Å². The van der Waals surface area contributed by atoms with Crippen molar-refractivity contribution in [2.24, 2.45) is 0 Å². The van der Waals surface area contributed by atoms with Gasteiger partial charge in [0.05, 0.1) is 0 Å². The van der Waals surface area contributed by atoms with Crippen LogP contribution in [0.1, 0.15) is 47.5 Å². The molecule has 3 aliphatic heterocycles. The molecule has 7 nitrogen and oxygen atoms in total. The van der Waals surface area contributed by atoms with Crippen LogP contribution in [0.15, 0.2) is 0 Å². The largest absolute Gasteiger partial charge is 0.458 e. The maximum atomic E-state index is 12.6. The molecule has 0 aliphatic carbocycles. The molecule has 130 valence electrons. The number of carbonyl (C=O) groups excluding carboxylic acids is 2. The highest BCUT2D eigenvalue weighted by molar-refractivity contribution is 5.78. The number of likely N-dealkylation sites (tertiary alicyclic amines) is 1. The molecule has 3 heterocycles. The number of esters is 1. The molecule has 23 heavy (non-hydrogen) atoms. The number of nitrogens with zero attached hydrogens (tertiary/aromatic N) is 1. The highest BCUT2D eigenvalue weighted by Crippen LogP contribution is 2.40. The zero-order valence-corrected chi connectivity index (χ0v) is 14.3. The number of amides is 1. The predicted molar refractivity (Wildman–Crippen MR) is 79.7 cm³/mol. The van der Waals surface area contributed by atoms with Crippen LogP contribution in [-0.4, -0.2) is 59.2 Å². The Bertz CT molecular complexity index is 511. The Morgan fingerprint density at radius 2 is 2.00 bits per heavy atom. The van der Waals surface area contributed by atoms with Gasteiger partial charge in [0.25, 0.3) is 0 Å². The number of rotatable bonds is 0. The Morgan fingerprint density at radius 1 is 1.30 bits per heavy atom. The van der Waals surface area contributed by atoms with Crippen LogP contribution in [0.25, 0.3) is 0 Å². The van der Waals surface area contributed by atoms with E-state index < -0.39 is 35.7 Å². The van der Waals surface area contributed by atoms with Gasteiger partial charge in [-0.1, -0.05) is 0 Å². The van der Waals surface area contributed by atoms with Crippen molar-refractivity contribution in [3.8, 4) is 0 Å². The fourth-order valence-electron chi connectivity index (χ4n) is 3.47. The Hall–Kier alpha value is -1.34. The Kier molecular flexibility index (Phi) is 3.84. The van der Waals surface area contributed by atoms with Crippen molar-refractivity contribution in [2.75, 3.05) is 6.54 Å². The molecule has 0 aromatic heterocycles. The van der Waals surface area contributed by atoms with E-state index >= 15 is 0 Å². The summed E-state index contributed by atoms with van der Waals surface area (Å²) in [5.74, 6) is -1.28. The molecule has 0 spiro atoms. The molecule has 3 unspecified atom stereocenters. The third-order valence-corrected chi connectivity index (χ3v) is 4.22. The van der Waals surface area contributed by atoms with Gasteiger partial charge in [0.1, 0.15) is 23.9 Å². The molecule has 3 rings (SSSR count). The third-order valence-electron chi connectivity index (χ3n) is 4.22. The highest BCUT2D eigenvalue weighted by atomic mass is 16.8. The summed E-state index contributed by atoms with van der Waals surface area (Å²) in [4.78, 5) is 26.4. The average Bonchev–Trinajstić information content (AvgIpc) is 2.72. The fourth-order valence-corrected chi connectivity index (χ4v) is 3.47. The summed E-state index contributed by atoms with van der Waals surface area (Å²) >= 11 is 0. The standard InChI is InChI=1S/C16H25NO6/c1-15(2,3)23-14(19)17-8-6-7-9-10(17)11-12(13(18)20-9)22-16(4,5)21-11/h9-12H,6-8H2,1-5H3/t9?,10-,11?,12?/m1/s1. The van der Waals surface area contributed by atoms with E-state index in [4.69, 9.17) is 18.9 Å². The van der Waals surface area contributed by atoms with Crippen LogP contribution >= 0.6 is 0 Å². The average molecular weight is 327 g/mol. The van der Waals surface area contributed by atoms with E-state index in [1.165, 1.54) is 0 Å². The van der Waals surface area contributed by atoms with E-state index in [2.05, 4.69) is 0 Å². The van der Waals surface area contributed by atoms with Gasteiger partial charge in [-0.2, -0.15) is 0 Å². The topological polar surface area (TPSA) is 74.3 Å². The Labute approximate surface area is 136 Å². The van der Waals surface area contributed by atoms with Gasteiger partial charge < -0.3 is 18.9 Å². The minimum Gasteiger partial charge on any atom is -0.458 e. The molecule has 0 bridgehead atoms. The first-order valence-electron chi connectivity index (χ1n) is 8.13. The molecule has 3 fully saturated rings. The molecular formula is C16H25NO6. The van der Waals surface area contributed by atoms with Gasteiger partial charge >= 0.3 is 12.1 Å². The lowest BCUT2D eigenvalue weighted by Crippen LogP contribution is -2.65. The van der Waals surface area contributed by atoms with Crippen LogP contribution in [0.3, 0.4) is 0 Å². The Morgan fingerprint density at radius 3 is 2.65 bits per heavy atom. The molecule has 7 heteroatoms. The number of ether oxygens (including phenoxy) is 4. The molecule has 3 saturated heterocycles. The van der Waals surface area contributed by atoms with Crippen LogP contribution in [-0.2, 0) is 23.7 Å². The van der Waals surface area contributed by atoms with E-state index in [9.17, 15) is 9.59 Å². The Balaban J connectivity index is 1.86. The van der Waals surface area contributed by atoms with Crippen molar-refractivity contribution in [1.82, 2.24) is 4.90 Å². The van der Waals surface area contributed by atoms with Crippen LogP contribution < -0.4 is 0 Å². The molecule has 3 aliphatic rings. The van der Waals surface area contributed by atoms with Crippen molar-refractivity contribution < 1.29 is 28.5 Å². The second-order valence-electron chi connectivity index (χ2n) is 7.80. The summed E-state index contributed by atoms with van der Waals surface area (Å²) in [6.07, 6.45) is -0.629. The minimum absolute atomic E-state index is 0.372. The van der Waals surface area contributed by atoms with Crippen LogP contribution in [0, 0.1) is 0 Å². The first-order valence-corrected chi connectivity index (χ1v) is 8.13. The summed E-state index contributed by atoms with van der Waals surface area (Å²) < 4.78 is 22.6. The lowest BCUT2D eigenvalue weighted by molar-refractivity contribution is -0.183. The van der Waals surface area contributed by atoms with Gasteiger partial charge in [-0.15, -0.1) is 0 Å². The highest BCUT2D eigenvalue weighted by Gasteiger charge is 2.59. The number of piperidine rings is 1. The molecular weight excluding hydrogens is 302 g/mol. The normalized spacial score (nSPS) is 36.0. The maximum absolute atomic E-state index is 12.6. The predicted octanol–water partition coefficient (Wildman–Crippen LogP) is 1.83. The molecule has 1 amide bonds. The molecule has 0 saturated carbocycles. The van der Waals surface area contributed by atoms with Gasteiger partial charge in [-0.25, -0.2) is 9.59 Å². The summed E-state index contributed by atoms with van der Waals surface area (Å²) in [6.45, 7) is 9.56. The second-order valence-corrected chi connectivity index (χ2v) is 7.80. The van der Waals surface area contributed by atoms with E-state index in [-0.39, 0.29) is 12.1 Å². The van der Waals surface area contributed by atoms with Gasteiger partial charge in [0.2, 0.25) is 0 Å². The van der Waals surface area contributed by atoms with E-state index in [1.54, 1.807) is 18.7 Å². The van der Waals surface area contributed by atoms with Crippen LogP contribution in [0.4, 0.5) is 4.79 Å². The van der Waals surface area contributed by atoms with Crippen molar-refractivity contribution in [2.45, 2.75) is 83.2 Å².